The number of carbonyl (C=O) groups excluding carboxylic acids is 2. The molecule has 1 aliphatic heterocycles. The Balaban J connectivity index is 2.38. The average molecular weight is 323 g/mol. The van der Waals surface area contributed by atoms with Crippen molar-refractivity contribution in [1.82, 2.24) is 10.2 Å². The molecule has 0 spiro atoms. The van der Waals surface area contributed by atoms with E-state index in [1.807, 2.05) is 30.3 Å². The Morgan fingerprint density at radius 3 is 2.58 bits per heavy atom. The van der Waals surface area contributed by atoms with Gasteiger partial charge >= 0.3 is 0 Å². The second-order valence-corrected chi connectivity index (χ2v) is 5.65. The fourth-order valence-corrected chi connectivity index (χ4v) is 2.46. The molecule has 2 rings (SSSR count). The van der Waals surface area contributed by atoms with Crippen LogP contribution >= 0.6 is 15.9 Å². The second kappa shape index (κ2) is 5.57. The molecule has 0 radical (unpaired) electrons. The highest BCUT2D eigenvalue weighted by Gasteiger charge is 2.39. The Morgan fingerprint density at radius 2 is 2.00 bits per heavy atom. The third-order valence-electron chi connectivity index (χ3n) is 3.03. The van der Waals surface area contributed by atoms with Gasteiger partial charge in [-0.25, -0.2) is 0 Å². The Kier molecular flexibility index (Phi) is 4.04. The van der Waals surface area contributed by atoms with Gasteiger partial charge in [0.1, 0.15) is 12.1 Å². The maximum Gasteiger partial charge on any atom is 0.248 e. The number of halogens is 1. The summed E-state index contributed by atoms with van der Waals surface area (Å²) in [6, 6.07) is 8.18. The summed E-state index contributed by atoms with van der Waals surface area (Å²) in [5.74, 6) is -0.263. The molecular weight excluding hydrogens is 308 g/mol. The van der Waals surface area contributed by atoms with Crippen LogP contribution < -0.4 is 5.32 Å². The van der Waals surface area contributed by atoms with Crippen LogP contribution in [0.1, 0.15) is 18.5 Å². The zero-order valence-electron chi connectivity index (χ0n) is 10.6. The van der Waals surface area contributed by atoms with Gasteiger partial charge in [0.05, 0.1) is 6.54 Å². The SMILES string of the molecule is C=C(Br)CN1C(=O)C(C)NC(=O)C1c1ccccc1. The van der Waals surface area contributed by atoms with Gasteiger partial charge in [-0.1, -0.05) is 52.8 Å². The number of hydrogen-bond acceptors (Lipinski definition) is 2. The highest BCUT2D eigenvalue weighted by atomic mass is 79.9. The summed E-state index contributed by atoms with van der Waals surface area (Å²) < 4.78 is 0.670. The van der Waals surface area contributed by atoms with Crippen molar-refractivity contribution < 1.29 is 9.59 Å². The van der Waals surface area contributed by atoms with Gasteiger partial charge in [0.15, 0.2) is 0 Å². The predicted octanol–water partition coefficient (Wildman–Crippen LogP) is 1.98. The van der Waals surface area contributed by atoms with Gasteiger partial charge in [-0.05, 0) is 12.5 Å². The third-order valence-corrected chi connectivity index (χ3v) is 3.28. The van der Waals surface area contributed by atoms with E-state index in [0.29, 0.717) is 11.0 Å². The van der Waals surface area contributed by atoms with Crippen LogP contribution in [-0.4, -0.2) is 29.3 Å². The average Bonchev–Trinajstić information content (AvgIpc) is 2.36. The summed E-state index contributed by atoms with van der Waals surface area (Å²) in [4.78, 5) is 26.0. The molecule has 1 fully saturated rings. The van der Waals surface area contributed by atoms with Crippen LogP contribution in [0.2, 0.25) is 0 Å². The van der Waals surface area contributed by atoms with Gasteiger partial charge in [0.2, 0.25) is 11.8 Å². The molecule has 1 aromatic carbocycles. The Hall–Kier alpha value is -1.62. The highest BCUT2D eigenvalue weighted by Crippen LogP contribution is 2.26. The van der Waals surface area contributed by atoms with Crippen molar-refractivity contribution in [3.8, 4) is 0 Å². The van der Waals surface area contributed by atoms with Crippen molar-refractivity contribution in [3.05, 3.63) is 47.0 Å². The predicted molar refractivity (Wildman–Crippen MR) is 76.6 cm³/mol. The van der Waals surface area contributed by atoms with Crippen LogP contribution in [0.4, 0.5) is 0 Å². The van der Waals surface area contributed by atoms with Gasteiger partial charge in [-0.3, -0.25) is 9.59 Å². The van der Waals surface area contributed by atoms with Crippen LogP contribution in [0.25, 0.3) is 0 Å². The van der Waals surface area contributed by atoms with Crippen LogP contribution in [0, 0.1) is 0 Å². The van der Waals surface area contributed by atoms with Crippen molar-refractivity contribution in [2.75, 3.05) is 6.54 Å². The lowest BCUT2D eigenvalue weighted by atomic mass is 10.00. The molecule has 2 unspecified atom stereocenters. The maximum atomic E-state index is 12.2. The molecule has 4 nitrogen and oxygen atoms in total. The molecule has 0 saturated carbocycles. The highest BCUT2D eigenvalue weighted by molar-refractivity contribution is 9.11. The first-order valence-electron chi connectivity index (χ1n) is 6.00. The number of benzene rings is 1. The van der Waals surface area contributed by atoms with E-state index in [9.17, 15) is 9.59 Å². The van der Waals surface area contributed by atoms with E-state index in [1.54, 1.807) is 11.8 Å². The van der Waals surface area contributed by atoms with E-state index < -0.39 is 12.1 Å². The first-order valence-corrected chi connectivity index (χ1v) is 6.79. The second-order valence-electron chi connectivity index (χ2n) is 4.53. The summed E-state index contributed by atoms with van der Waals surface area (Å²) in [5, 5.41) is 2.71. The summed E-state index contributed by atoms with van der Waals surface area (Å²) >= 11 is 3.26. The largest absolute Gasteiger partial charge is 0.342 e. The number of hydrogen-bond donors (Lipinski definition) is 1. The lowest BCUT2D eigenvalue weighted by Gasteiger charge is -2.38. The Bertz CT molecular complexity index is 515. The van der Waals surface area contributed by atoms with Gasteiger partial charge in [0, 0.05) is 4.48 Å². The summed E-state index contributed by atoms with van der Waals surface area (Å²) in [5.41, 5.74) is 0.800. The summed E-state index contributed by atoms with van der Waals surface area (Å²) in [6.07, 6.45) is 0. The monoisotopic (exact) mass is 322 g/mol. The molecule has 19 heavy (non-hydrogen) atoms. The molecule has 1 heterocycles. The molecule has 5 heteroatoms. The minimum atomic E-state index is -0.598. The minimum absolute atomic E-state index is 0.103. The number of amides is 2. The van der Waals surface area contributed by atoms with Gasteiger partial charge < -0.3 is 10.2 Å². The molecule has 0 aromatic heterocycles. The van der Waals surface area contributed by atoms with E-state index in [-0.39, 0.29) is 11.8 Å². The third kappa shape index (κ3) is 2.87. The van der Waals surface area contributed by atoms with Crippen LogP contribution in [0.3, 0.4) is 0 Å². The van der Waals surface area contributed by atoms with Crippen molar-refractivity contribution in [3.63, 3.8) is 0 Å². The smallest absolute Gasteiger partial charge is 0.248 e. The van der Waals surface area contributed by atoms with Crippen LogP contribution in [0.15, 0.2) is 41.4 Å². The molecule has 1 saturated heterocycles. The molecular formula is C14H15BrN2O2. The molecule has 1 N–H and O–H groups in total. The zero-order valence-corrected chi connectivity index (χ0v) is 12.2. The fourth-order valence-electron chi connectivity index (χ4n) is 2.19. The number of nitrogens with one attached hydrogen (secondary N) is 1. The maximum absolute atomic E-state index is 12.2. The van der Waals surface area contributed by atoms with E-state index in [1.165, 1.54) is 0 Å². The van der Waals surface area contributed by atoms with E-state index in [0.717, 1.165) is 5.56 Å². The standard InChI is InChI=1S/C14H15BrN2O2/c1-9(15)8-17-12(11-6-4-3-5-7-11)13(18)16-10(2)14(17)19/h3-7,10,12H,1,8H2,2H3,(H,16,18). The first-order chi connectivity index (χ1) is 9.00. The molecule has 100 valence electrons. The van der Waals surface area contributed by atoms with Crippen molar-refractivity contribution in [1.29, 1.82) is 0 Å². The van der Waals surface area contributed by atoms with E-state index in [4.69, 9.17) is 0 Å². The van der Waals surface area contributed by atoms with E-state index in [2.05, 4.69) is 27.8 Å². The van der Waals surface area contributed by atoms with Crippen molar-refractivity contribution in [2.24, 2.45) is 0 Å². The quantitative estimate of drug-likeness (QED) is 0.925. The van der Waals surface area contributed by atoms with Gasteiger partial charge in [-0.15, -0.1) is 0 Å². The summed E-state index contributed by atoms with van der Waals surface area (Å²) in [6.45, 7) is 5.75. The molecule has 1 aliphatic rings. The lowest BCUT2D eigenvalue weighted by Crippen LogP contribution is -2.58. The molecule has 0 bridgehead atoms. The van der Waals surface area contributed by atoms with E-state index >= 15 is 0 Å². The van der Waals surface area contributed by atoms with Crippen LogP contribution in [-0.2, 0) is 9.59 Å². The topological polar surface area (TPSA) is 49.4 Å². The van der Waals surface area contributed by atoms with Gasteiger partial charge in [-0.2, -0.15) is 0 Å². The Labute approximate surface area is 120 Å². The number of carbonyl (C=O) groups is 2. The summed E-state index contributed by atoms with van der Waals surface area (Å²) in [7, 11) is 0. The number of rotatable bonds is 3. The Morgan fingerprint density at radius 1 is 1.37 bits per heavy atom. The van der Waals surface area contributed by atoms with Crippen LogP contribution in [0.5, 0.6) is 0 Å². The number of piperazine rings is 1. The molecule has 0 aliphatic carbocycles. The molecule has 2 atom stereocenters. The van der Waals surface area contributed by atoms with Crippen molar-refractivity contribution in [2.45, 2.75) is 19.0 Å². The van der Waals surface area contributed by atoms with Crippen molar-refractivity contribution >= 4 is 27.7 Å². The lowest BCUT2D eigenvalue weighted by molar-refractivity contribution is -0.148. The zero-order chi connectivity index (χ0) is 14.0. The minimum Gasteiger partial charge on any atom is -0.342 e. The number of nitrogens with zero attached hydrogens (tertiary/aromatic N) is 1. The molecule has 1 aromatic rings. The van der Waals surface area contributed by atoms with Gasteiger partial charge in [0.25, 0.3) is 0 Å². The molecule has 2 amide bonds. The fraction of sp³-hybridized carbons (Fsp3) is 0.286. The first kappa shape index (κ1) is 13.8. The normalized spacial score (nSPS) is 23.2.